The Kier molecular flexibility index (Phi) is 13.3. The van der Waals surface area contributed by atoms with E-state index in [0.717, 1.165) is 41.9 Å². The number of carbonyl (C=O) groups excluding carboxylic acids is 8. The van der Waals surface area contributed by atoms with E-state index in [1.807, 2.05) is 0 Å². The third-order valence-corrected chi connectivity index (χ3v) is 11.7. The molecule has 340 valence electrons. The molecular formula is C45H50N4O14S. The van der Waals surface area contributed by atoms with E-state index in [2.05, 4.69) is 0 Å². The second-order valence-electron chi connectivity index (χ2n) is 16.5. The van der Waals surface area contributed by atoms with E-state index in [0.29, 0.717) is 5.39 Å². The van der Waals surface area contributed by atoms with Crippen molar-refractivity contribution in [2.24, 2.45) is 0 Å². The van der Waals surface area contributed by atoms with Crippen molar-refractivity contribution in [3.8, 4) is 0 Å². The largest absolute Gasteiger partial charge is 0.454 e. The van der Waals surface area contributed by atoms with Gasteiger partial charge in [-0.3, -0.25) is 38.3 Å². The average Bonchev–Trinajstić information content (AvgIpc) is 3.79. The molecule has 2 saturated heterocycles. The average molecular weight is 903 g/mol. The molecule has 18 nitrogen and oxygen atoms in total. The van der Waals surface area contributed by atoms with Crippen LogP contribution in [0.5, 0.6) is 0 Å². The van der Waals surface area contributed by atoms with E-state index in [1.165, 1.54) is 68.8 Å². The minimum Gasteiger partial charge on any atom is -0.454 e. The summed E-state index contributed by atoms with van der Waals surface area (Å²) >= 11 is 0. The number of piperazine rings is 1. The van der Waals surface area contributed by atoms with Crippen molar-refractivity contribution >= 4 is 74.0 Å². The standard InChI is InChI=1S/C39H38N4O12S.2C3H6O/c1-22(44)52-32-31(47)42-34-38(33(53-23(2)45)39(42,54-24(3)46)35(48)40(32)7,28-21-41(36(49)55-37(4,5)6)29-19-13-11-17-26(28)29)27-18-12-14-20-30(27)43(34)56(50,51)25-15-9-8-10-16-25;2*1-3(2)4/h8-21,32-34H,1-7H3;2*1-2H3/t32-,33+,34+,38-,39+;;/m1../s1. The molecule has 0 aliphatic carbocycles. The minimum atomic E-state index is -4.76. The molecule has 19 heteroatoms. The van der Waals surface area contributed by atoms with Crippen LogP contribution in [0.4, 0.5) is 10.5 Å². The summed E-state index contributed by atoms with van der Waals surface area (Å²) in [7, 11) is -3.64. The van der Waals surface area contributed by atoms with Gasteiger partial charge in [-0.15, -0.1) is 0 Å². The highest BCUT2D eigenvalue weighted by atomic mass is 32.2. The number of Topliss-reactive ketones (excluding diaryl/α,β-unsaturated/α-hetero) is 2. The molecule has 0 spiro atoms. The Morgan fingerprint density at radius 2 is 1.22 bits per heavy atom. The Bertz CT molecular complexity index is 2650. The molecule has 0 radical (unpaired) electrons. The number of ether oxygens (including phenoxy) is 4. The van der Waals surface area contributed by atoms with Crippen molar-refractivity contribution < 1.29 is 65.7 Å². The molecule has 4 aromatic rings. The van der Waals surface area contributed by atoms with Crippen LogP contribution in [0.3, 0.4) is 0 Å². The zero-order valence-corrected chi connectivity index (χ0v) is 38.0. The molecular weight excluding hydrogens is 853 g/mol. The van der Waals surface area contributed by atoms with E-state index in [-0.39, 0.29) is 38.8 Å². The first-order valence-corrected chi connectivity index (χ1v) is 21.3. The summed E-state index contributed by atoms with van der Waals surface area (Å²) in [5.74, 6) is -5.09. The lowest BCUT2D eigenvalue weighted by molar-refractivity contribution is -0.236. The second-order valence-corrected chi connectivity index (χ2v) is 18.3. The van der Waals surface area contributed by atoms with Gasteiger partial charge in [-0.2, -0.15) is 0 Å². The lowest BCUT2D eigenvalue weighted by Crippen LogP contribution is -2.75. The van der Waals surface area contributed by atoms with Gasteiger partial charge in [0.05, 0.1) is 16.1 Å². The summed E-state index contributed by atoms with van der Waals surface area (Å²) in [5, 5.41) is 0.303. The van der Waals surface area contributed by atoms with Crippen LogP contribution in [0.1, 0.15) is 80.4 Å². The number of para-hydroxylation sites is 2. The smallest absolute Gasteiger partial charge is 0.419 e. The van der Waals surface area contributed by atoms with Gasteiger partial charge in [-0.25, -0.2) is 17.5 Å². The van der Waals surface area contributed by atoms with Gasteiger partial charge >= 0.3 is 29.7 Å². The Labute approximate surface area is 370 Å². The SMILES string of the molecule is CC(=O)O[C@@H]1C(=O)N2[C@H]3N(S(=O)(=O)c4ccccc4)c4ccccc4[C@@]3(c3cn(C(=O)OC(C)(C)C)c4ccccc34)[C@H](OC(C)=O)[C@]2(OC(C)=O)C(=O)N1C.CC(C)=O.CC(C)=O. The van der Waals surface area contributed by atoms with Crippen molar-refractivity contribution in [2.45, 2.75) is 109 Å². The first-order valence-electron chi connectivity index (χ1n) is 19.9. The van der Waals surface area contributed by atoms with Crippen LogP contribution >= 0.6 is 0 Å². The van der Waals surface area contributed by atoms with E-state index < -0.39 is 81.1 Å². The number of sulfonamides is 1. The maximum atomic E-state index is 15.2. The zero-order valence-electron chi connectivity index (χ0n) is 37.2. The number of benzene rings is 3. The number of hydrogen-bond acceptors (Lipinski definition) is 14. The molecule has 64 heavy (non-hydrogen) atoms. The number of hydrogen-bond donors (Lipinski definition) is 0. The summed E-state index contributed by atoms with van der Waals surface area (Å²) in [5.41, 5.74) is -5.56. The Balaban J connectivity index is 0.000000890. The monoisotopic (exact) mass is 902 g/mol. The van der Waals surface area contributed by atoms with Crippen molar-refractivity contribution in [2.75, 3.05) is 11.4 Å². The van der Waals surface area contributed by atoms with Crippen LogP contribution in [0.15, 0.2) is 90.0 Å². The molecule has 0 unspecified atom stereocenters. The summed E-state index contributed by atoms with van der Waals surface area (Å²) in [6.07, 6.45) is -5.42. The highest BCUT2D eigenvalue weighted by Gasteiger charge is 2.84. The quantitative estimate of drug-likeness (QED) is 0.187. The van der Waals surface area contributed by atoms with E-state index in [1.54, 1.807) is 69.3 Å². The molecule has 0 N–H and O–H groups in total. The van der Waals surface area contributed by atoms with Crippen LogP contribution in [0.2, 0.25) is 0 Å². The number of nitrogens with zero attached hydrogens (tertiary/aromatic N) is 4. The number of likely N-dealkylation sites (N-methyl/N-ethyl adjacent to an activating group) is 1. The first kappa shape index (κ1) is 48.1. The van der Waals surface area contributed by atoms with Gasteiger partial charge in [0, 0.05) is 39.4 Å². The fourth-order valence-corrected chi connectivity index (χ4v) is 9.84. The van der Waals surface area contributed by atoms with Crippen LogP contribution in [-0.2, 0) is 67.9 Å². The molecule has 7 rings (SSSR count). The highest BCUT2D eigenvalue weighted by Crippen LogP contribution is 2.65. The first-order chi connectivity index (χ1) is 29.8. The minimum absolute atomic E-state index is 0.00671. The van der Waals surface area contributed by atoms with Gasteiger partial charge in [0.2, 0.25) is 0 Å². The predicted octanol–water partition coefficient (Wildman–Crippen LogP) is 4.83. The highest BCUT2D eigenvalue weighted by molar-refractivity contribution is 7.93. The summed E-state index contributed by atoms with van der Waals surface area (Å²) < 4.78 is 55.8. The molecule has 0 bridgehead atoms. The Morgan fingerprint density at radius 1 is 0.688 bits per heavy atom. The van der Waals surface area contributed by atoms with Gasteiger partial charge in [0.15, 0.2) is 6.10 Å². The number of esters is 3. The molecule has 3 aliphatic rings. The molecule has 2 amide bonds. The Hall–Kier alpha value is -6.89. The normalized spacial score (nSPS) is 22.1. The number of aromatic nitrogens is 1. The maximum absolute atomic E-state index is 15.2. The molecule has 0 saturated carbocycles. The molecule has 4 heterocycles. The van der Waals surface area contributed by atoms with Gasteiger partial charge < -0.3 is 28.5 Å². The fraction of sp³-hybridized carbons (Fsp3) is 0.378. The lowest BCUT2D eigenvalue weighted by Gasteiger charge is -2.49. The van der Waals surface area contributed by atoms with Crippen LogP contribution in [0, 0.1) is 0 Å². The number of rotatable bonds is 6. The zero-order chi connectivity index (χ0) is 47.9. The van der Waals surface area contributed by atoms with Gasteiger partial charge in [-0.05, 0) is 83.9 Å². The van der Waals surface area contributed by atoms with Crippen molar-refractivity contribution in [3.05, 3.63) is 96.2 Å². The summed E-state index contributed by atoms with van der Waals surface area (Å²) in [6.45, 7) is 14.2. The van der Waals surface area contributed by atoms with Crippen molar-refractivity contribution in [1.82, 2.24) is 14.4 Å². The number of ketones is 2. The van der Waals surface area contributed by atoms with Crippen molar-refractivity contribution in [1.29, 1.82) is 0 Å². The number of anilines is 1. The fourth-order valence-electron chi connectivity index (χ4n) is 8.17. The van der Waals surface area contributed by atoms with Crippen LogP contribution in [-0.4, -0.2) is 107 Å². The molecule has 1 aromatic heterocycles. The third kappa shape index (κ3) is 8.34. The van der Waals surface area contributed by atoms with Crippen LogP contribution < -0.4 is 4.31 Å². The van der Waals surface area contributed by atoms with Crippen molar-refractivity contribution in [3.63, 3.8) is 0 Å². The second kappa shape index (κ2) is 17.7. The third-order valence-electron chi connectivity index (χ3n) is 9.92. The maximum Gasteiger partial charge on any atom is 0.419 e. The van der Waals surface area contributed by atoms with E-state index in [4.69, 9.17) is 18.9 Å². The molecule has 5 atom stereocenters. The number of fused-ring (bicyclic) bond motifs is 6. The molecule has 2 fully saturated rings. The van der Waals surface area contributed by atoms with E-state index >= 15 is 18.0 Å². The topological polar surface area (TPSA) is 222 Å². The lowest BCUT2D eigenvalue weighted by atomic mass is 9.69. The van der Waals surface area contributed by atoms with Gasteiger partial charge in [0.1, 0.15) is 28.7 Å². The van der Waals surface area contributed by atoms with Gasteiger partial charge in [-0.1, -0.05) is 54.6 Å². The molecule has 3 aromatic carbocycles. The van der Waals surface area contributed by atoms with Crippen LogP contribution in [0.25, 0.3) is 10.9 Å². The Morgan fingerprint density at radius 3 is 1.77 bits per heavy atom. The number of amides is 2. The summed E-state index contributed by atoms with van der Waals surface area (Å²) in [4.78, 5) is 103. The van der Waals surface area contributed by atoms with Gasteiger partial charge in [0.25, 0.3) is 28.1 Å². The summed E-state index contributed by atoms with van der Waals surface area (Å²) in [6, 6.07) is 20.0. The van der Waals surface area contributed by atoms with E-state index in [9.17, 15) is 28.8 Å². The molecule has 3 aliphatic heterocycles. The predicted molar refractivity (Wildman–Crippen MR) is 229 cm³/mol. The number of carbonyl (C=O) groups is 8.